The van der Waals surface area contributed by atoms with Crippen LogP contribution in [0.4, 0.5) is 0 Å². The summed E-state index contributed by atoms with van der Waals surface area (Å²) in [6.07, 6.45) is 0.253. The lowest BCUT2D eigenvalue weighted by Gasteiger charge is -2.30. The Morgan fingerprint density at radius 1 is 1.04 bits per heavy atom. The fourth-order valence-corrected chi connectivity index (χ4v) is 2.44. The van der Waals surface area contributed by atoms with Crippen molar-refractivity contribution in [1.29, 1.82) is 0 Å². The monoisotopic (exact) mass is 332 g/mol. The number of carbonyl (C=O) groups is 2. The summed E-state index contributed by atoms with van der Waals surface area (Å²) in [7, 11) is 1.27. The SMILES string of the molecule is CCC(OC(=O)c1ccc(Cl)cc1)(C(=O)OC)c1ccccc1. The second kappa shape index (κ2) is 7.29. The van der Waals surface area contributed by atoms with Gasteiger partial charge in [0.05, 0.1) is 12.7 Å². The second-order valence-electron chi connectivity index (χ2n) is 4.93. The van der Waals surface area contributed by atoms with Crippen molar-refractivity contribution < 1.29 is 19.1 Å². The van der Waals surface area contributed by atoms with Crippen LogP contribution in [0.3, 0.4) is 0 Å². The summed E-state index contributed by atoms with van der Waals surface area (Å²) in [5.41, 5.74) is -0.601. The molecular formula is C18H17ClO4. The van der Waals surface area contributed by atoms with Crippen molar-refractivity contribution in [2.75, 3.05) is 7.11 Å². The highest BCUT2D eigenvalue weighted by Gasteiger charge is 2.44. The maximum absolute atomic E-state index is 12.5. The molecule has 23 heavy (non-hydrogen) atoms. The van der Waals surface area contributed by atoms with Gasteiger partial charge in [0.2, 0.25) is 5.60 Å². The highest BCUT2D eigenvalue weighted by molar-refractivity contribution is 6.30. The molecule has 0 spiro atoms. The van der Waals surface area contributed by atoms with E-state index in [2.05, 4.69) is 0 Å². The quantitative estimate of drug-likeness (QED) is 0.777. The summed E-state index contributed by atoms with van der Waals surface area (Å²) in [6.45, 7) is 1.76. The van der Waals surface area contributed by atoms with Gasteiger partial charge in [0, 0.05) is 10.6 Å². The molecule has 2 rings (SSSR count). The fraction of sp³-hybridized carbons (Fsp3) is 0.222. The molecule has 1 unspecified atom stereocenters. The average molecular weight is 333 g/mol. The number of rotatable bonds is 5. The molecule has 120 valence electrons. The number of ether oxygens (including phenoxy) is 2. The second-order valence-corrected chi connectivity index (χ2v) is 5.37. The summed E-state index contributed by atoms with van der Waals surface area (Å²) >= 11 is 5.82. The first-order valence-corrected chi connectivity index (χ1v) is 7.54. The molecule has 0 aliphatic carbocycles. The van der Waals surface area contributed by atoms with Crippen LogP contribution in [0.2, 0.25) is 5.02 Å². The Kier molecular flexibility index (Phi) is 5.40. The van der Waals surface area contributed by atoms with Crippen LogP contribution >= 0.6 is 11.6 Å². The highest BCUT2D eigenvalue weighted by Crippen LogP contribution is 2.32. The summed E-state index contributed by atoms with van der Waals surface area (Å²) in [6, 6.07) is 15.1. The standard InChI is InChI=1S/C18H17ClO4/c1-3-18(17(21)22-2,14-7-5-4-6-8-14)23-16(20)13-9-11-15(19)12-10-13/h4-12H,3H2,1-2H3. The van der Waals surface area contributed by atoms with E-state index in [1.54, 1.807) is 55.5 Å². The van der Waals surface area contributed by atoms with Gasteiger partial charge in [0.15, 0.2) is 0 Å². The molecule has 0 bridgehead atoms. The lowest BCUT2D eigenvalue weighted by Crippen LogP contribution is -2.41. The number of hydrogen-bond acceptors (Lipinski definition) is 4. The number of methoxy groups -OCH3 is 1. The van der Waals surface area contributed by atoms with Crippen LogP contribution in [0.5, 0.6) is 0 Å². The molecule has 4 nitrogen and oxygen atoms in total. The van der Waals surface area contributed by atoms with Crippen LogP contribution in [-0.4, -0.2) is 19.0 Å². The van der Waals surface area contributed by atoms with Gasteiger partial charge in [0.25, 0.3) is 0 Å². The first-order valence-electron chi connectivity index (χ1n) is 7.16. The Morgan fingerprint density at radius 3 is 2.17 bits per heavy atom. The molecule has 0 radical (unpaired) electrons. The minimum absolute atomic E-state index is 0.253. The van der Waals surface area contributed by atoms with Gasteiger partial charge in [-0.3, -0.25) is 0 Å². The molecule has 0 saturated heterocycles. The van der Waals surface area contributed by atoms with Crippen molar-refractivity contribution in [2.24, 2.45) is 0 Å². The summed E-state index contributed by atoms with van der Waals surface area (Å²) in [5, 5.41) is 0.513. The molecule has 0 fully saturated rings. The average Bonchev–Trinajstić information content (AvgIpc) is 2.60. The zero-order valence-corrected chi connectivity index (χ0v) is 13.7. The topological polar surface area (TPSA) is 52.6 Å². The van der Waals surface area contributed by atoms with Crippen molar-refractivity contribution in [1.82, 2.24) is 0 Å². The van der Waals surface area contributed by atoms with E-state index < -0.39 is 17.5 Å². The van der Waals surface area contributed by atoms with Gasteiger partial charge in [-0.2, -0.15) is 0 Å². The number of hydrogen-bond donors (Lipinski definition) is 0. The number of carbonyl (C=O) groups excluding carboxylic acids is 2. The first-order chi connectivity index (χ1) is 11.0. The van der Waals surface area contributed by atoms with Gasteiger partial charge >= 0.3 is 11.9 Å². The maximum Gasteiger partial charge on any atom is 0.355 e. The molecule has 2 aromatic rings. The Morgan fingerprint density at radius 2 is 1.65 bits per heavy atom. The minimum atomic E-state index is -1.48. The smallest absolute Gasteiger partial charge is 0.355 e. The van der Waals surface area contributed by atoms with Crippen molar-refractivity contribution in [3.63, 3.8) is 0 Å². The molecule has 0 saturated carbocycles. The van der Waals surface area contributed by atoms with E-state index in [9.17, 15) is 9.59 Å². The van der Waals surface area contributed by atoms with Gasteiger partial charge < -0.3 is 9.47 Å². The summed E-state index contributed by atoms with van der Waals surface area (Å²) in [5.74, 6) is -1.23. The highest BCUT2D eigenvalue weighted by atomic mass is 35.5. The van der Waals surface area contributed by atoms with Crippen molar-refractivity contribution in [3.05, 3.63) is 70.7 Å². The lowest BCUT2D eigenvalue weighted by molar-refractivity contribution is -0.164. The van der Waals surface area contributed by atoms with E-state index in [0.717, 1.165) is 0 Å². The molecular weight excluding hydrogens is 316 g/mol. The predicted molar refractivity (Wildman–Crippen MR) is 87.3 cm³/mol. The van der Waals surface area contributed by atoms with Gasteiger partial charge in [-0.25, -0.2) is 9.59 Å². The van der Waals surface area contributed by atoms with Gasteiger partial charge in [-0.05, 0) is 30.7 Å². The summed E-state index contributed by atoms with van der Waals surface area (Å²) < 4.78 is 10.5. The van der Waals surface area contributed by atoms with Gasteiger partial charge in [0.1, 0.15) is 0 Å². The number of esters is 2. The van der Waals surface area contributed by atoms with Gasteiger partial charge in [-0.15, -0.1) is 0 Å². The Bertz CT molecular complexity index is 682. The van der Waals surface area contributed by atoms with Crippen LogP contribution in [0, 0.1) is 0 Å². The maximum atomic E-state index is 12.5. The third-order valence-electron chi connectivity index (χ3n) is 3.60. The third-order valence-corrected chi connectivity index (χ3v) is 3.85. The van der Waals surface area contributed by atoms with Crippen molar-refractivity contribution in [2.45, 2.75) is 18.9 Å². The Labute approximate surface area is 140 Å². The van der Waals surface area contributed by atoms with E-state index in [0.29, 0.717) is 16.1 Å². The zero-order chi connectivity index (χ0) is 16.9. The predicted octanol–water partition coefficient (Wildman–Crippen LogP) is 3.98. The molecule has 5 heteroatoms. The van der Waals surface area contributed by atoms with Crippen LogP contribution < -0.4 is 0 Å². The molecule has 0 aromatic heterocycles. The molecule has 1 atom stereocenters. The van der Waals surface area contributed by atoms with E-state index in [1.165, 1.54) is 7.11 Å². The lowest BCUT2D eigenvalue weighted by atomic mass is 9.90. The number of halogens is 1. The molecule has 0 amide bonds. The normalized spacial score (nSPS) is 13.0. The van der Waals surface area contributed by atoms with Crippen molar-refractivity contribution >= 4 is 23.5 Å². The summed E-state index contributed by atoms with van der Waals surface area (Å²) in [4.78, 5) is 24.8. The van der Waals surface area contributed by atoms with E-state index in [1.807, 2.05) is 6.07 Å². The minimum Gasteiger partial charge on any atom is -0.466 e. The third kappa shape index (κ3) is 3.54. The van der Waals surface area contributed by atoms with E-state index in [4.69, 9.17) is 21.1 Å². The molecule has 2 aromatic carbocycles. The molecule has 0 aliphatic heterocycles. The molecule has 0 N–H and O–H groups in total. The Hall–Kier alpha value is -2.33. The van der Waals surface area contributed by atoms with Gasteiger partial charge in [-0.1, -0.05) is 48.9 Å². The fourth-order valence-electron chi connectivity index (χ4n) is 2.31. The van der Waals surface area contributed by atoms with Crippen LogP contribution in [-0.2, 0) is 19.9 Å². The Balaban J connectivity index is 2.40. The number of benzene rings is 2. The first kappa shape index (κ1) is 17.0. The largest absolute Gasteiger partial charge is 0.466 e. The van der Waals surface area contributed by atoms with Crippen LogP contribution in [0.25, 0.3) is 0 Å². The van der Waals surface area contributed by atoms with Crippen LogP contribution in [0.15, 0.2) is 54.6 Å². The van der Waals surface area contributed by atoms with Crippen molar-refractivity contribution in [3.8, 4) is 0 Å². The molecule has 0 aliphatic rings. The van der Waals surface area contributed by atoms with E-state index >= 15 is 0 Å². The van der Waals surface area contributed by atoms with Crippen LogP contribution in [0.1, 0.15) is 29.3 Å². The molecule has 0 heterocycles. The van der Waals surface area contributed by atoms with E-state index in [-0.39, 0.29) is 6.42 Å². The zero-order valence-electron chi connectivity index (χ0n) is 12.9.